The Balaban J connectivity index is 1.98. The first-order valence-corrected chi connectivity index (χ1v) is 6.51. The van der Waals surface area contributed by atoms with E-state index in [2.05, 4.69) is 5.32 Å². The van der Waals surface area contributed by atoms with Crippen molar-refractivity contribution >= 4 is 5.91 Å². The van der Waals surface area contributed by atoms with Crippen molar-refractivity contribution in [3.05, 3.63) is 0 Å². The van der Waals surface area contributed by atoms with Crippen LogP contribution in [-0.4, -0.2) is 42.5 Å². The maximum atomic E-state index is 12.4. The molecule has 4 heteroatoms. The second-order valence-corrected chi connectivity index (χ2v) is 5.11. The second kappa shape index (κ2) is 5.15. The Kier molecular flexibility index (Phi) is 3.82. The number of hydrogen-bond donors (Lipinski definition) is 2. The van der Waals surface area contributed by atoms with E-state index in [4.69, 9.17) is 5.73 Å². The van der Waals surface area contributed by atoms with E-state index in [0.29, 0.717) is 0 Å². The molecule has 2 rings (SSSR count). The Hall–Kier alpha value is -0.610. The van der Waals surface area contributed by atoms with E-state index < -0.39 is 5.54 Å². The zero-order valence-electron chi connectivity index (χ0n) is 10.0. The van der Waals surface area contributed by atoms with Crippen LogP contribution < -0.4 is 11.1 Å². The summed E-state index contributed by atoms with van der Waals surface area (Å²) >= 11 is 0. The van der Waals surface area contributed by atoms with E-state index in [0.717, 1.165) is 58.3 Å². The van der Waals surface area contributed by atoms with Gasteiger partial charge in [-0.3, -0.25) is 4.79 Å². The molecular formula is C12H23N3O. The van der Waals surface area contributed by atoms with Crippen molar-refractivity contribution in [2.24, 2.45) is 5.73 Å². The third kappa shape index (κ3) is 2.55. The van der Waals surface area contributed by atoms with Gasteiger partial charge in [0, 0.05) is 19.6 Å². The molecule has 1 aliphatic carbocycles. The van der Waals surface area contributed by atoms with E-state index in [9.17, 15) is 4.79 Å². The molecule has 0 radical (unpaired) electrons. The van der Waals surface area contributed by atoms with E-state index >= 15 is 0 Å². The SMILES string of the molecule is NC1(C(=O)N2CCCNCC2)CCCCC1. The van der Waals surface area contributed by atoms with Crippen LogP contribution in [0.1, 0.15) is 38.5 Å². The first-order chi connectivity index (χ1) is 7.72. The molecule has 2 fully saturated rings. The van der Waals surface area contributed by atoms with Crippen LogP contribution in [0.25, 0.3) is 0 Å². The third-order valence-corrected chi connectivity index (χ3v) is 3.80. The molecule has 3 N–H and O–H groups in total. The molecule has 4 nitrogen and oxygen atoms in total. The predicted molar refractivity (Wildman–Crippen MR) is 64.1 cm³/mol. The van der Waals surface area contributed by atoms with Crippen molar-refractivity contribution in [3.8, 4) is 0 Å². The van der Waals surface area contributed by atoms with Crippen molar-refractivity contribution in [2.45, 2.75) is 44.1 Å². The smallest absolute Gasteiger partial charge is 0.242 e. The van der Waals surface area contributed by atoms with Crippen LogP contribution >= 0.6 is 0 Å². The number of amides is 1. The summed E-state index contributed by atoms with van der Waals surface area (Å²) in [6.07, 6.45) is 6.23. The fourth-order valence-corrected chi connectivity index (χ4v) is 2.76. The fourth-order valence-electron chi connectivity index (χ4n) is 2.76. The third-order valence-electron chi connectivity index (χ3n) is 3.80. The van der Waals surface area contributed by atoms with Crippen LogP contribution in [0.5, 0.6) is 0 Å². The molecule has 0 aromatic heterocycles. The highest BCUT2D eigenvalue weighted by Gasteiger charge is 2.38. The van der Waals surface area contributed by atoms with Crippen LogP contribution in [0.4, 0.5) is 0 Å². The molecule has 0 atom stereocenters. The van der Waals surface area contributed by atoms with Gasteiger partial charge in [0.05, 0.1) is 5.54 Å². The number of nitrogens with two attached hydrogens (primary N) is 1. The van der Waals surface area contributed by atoms with Crippen molar-refractivity contribution in [1.82, 2.24) is 10.2 Å². The lowest BCUT2D eigenvalue weighted by molar-refractivity contribution is -0.138. The van der Waals surface area contributed by atoms with Gasteiger partial charge in [0.15, 0.2) is 0 Å². The number of nitrogens with zero attached hydrogens (tertiary/aromatic N) is 1. The van der Waals surface area contributed by atoms with Gasteiger partial charge in [0.25, 0.3) is 0 Å². The predicted octanol–water partition coefficient (Wildman–Crippen LogP) is 0.470. The molecule has 2 aliphatic rings. The van der Waals surface area contributed by atoms with Crippen molar-refractivity contribution in [3.63, 3.8) is 0 Å². The lowest BCUT2D eigenvalue weighted by Crippen LogP contribution is -2.56. The second-order valence-electron chi connectivity index (χ2n) is 5.11. The molecule has 16 heavy (non-hydrogen) atoms. The Labute approximate surface area is 97.6 Å². The average molecular weight is 225 g/mol. The van der Waals surface area contributed by atoms with Gasteiger partial charge < -0.3 is 16.0 Å². The molecule has 92 valence electrons. The number of carbonyl (C=O) groups excluding carboxylic acids is 1. The summed E-state index contributed by atoms with van der Waals surface area (Å²) in [5.74, 6) is 0.191. The summed E-state index contributed by atoms with van der Waals surface area (Å²) in [6.45, 7) is 3.60. The number of carbonyl (C=O) groups is 1. The molecule has 0 spiro atoms. The van der Waals surface area contributed by atoms with Crippen molar-refractivity contribution < 1.29 is 4.79 Å². The monoisotopic (exact) mass is 225 g/mol. The normalized spacial score (nSPS) is 26.2. The summed E-state index contributed by atoms with van der Waals surface area (Å²) < 4.78 is 0. The quantitative estimate of drug-likeness (QED) is 0.682. The lowest BCUT2D eigenvalue weighted by atomic mass is 9.81. The molecule has 1 saturated carbocycles. The number of rotatable bonds is 1. The maximum Gasteiger partial charge on any atom is 0.242 e. The molecule has 0 aromatic rings. The number of hydrogen-bond acceptors (Lipinski definition) is 3. The van der Waals surface area contributed by atoms with Crippen molar-refractivity contribution in [2.75, 3.05) is 26.2 Å². The standard InChI is InChI=1S/C12H23N3O/c13-12(5-2-1-3-6-12)11(16)15-9-4-7-14-8-10-15/h14H,1-10,13H2. The van der Waals surface area contributed by atoms with Crippen LogP contribution in [0.3, 0.4) is 0 Å². The summed E-state index contributed by atoms with van der Waals surface area (Å²) in [4.78, 5) is 14.4. The van der Waals surface area contributed by atoms with Crippen LogP contribution in [0.15, 0.2) is 0 Å². The summed E-state index contributed by atoms with van der Waals surface area (Å²) in [6, 6.07) is 0. The van der Waals surface area contributed by atoms with Crippen LogP contribution in [-0.2, 0) is 4.79 Å². The molecule has 0 aromatic carbocycles. The number of nitrogens with one attached hydrogen (secondary N) is 1. The summed E-state index contributed by atoms with van der Waals surface area (Å²) in [7, 11) is 0. The van der Waals surface area contributed by atoms with E-state index in [-0.39, 0.29) is 5.91 Å². The summed E-state index contributed by atoms with van der Waals surface area (Å²) in [5, 5.41) is 3.31. The van der Waals surface area contributed by atoms with Gasteiger partial charge in [-0.2, -0.15) is 0 Å². The Morgan fingerprint density at radius 2 is 1.81 bits per heavy atom. The highest BCUT2D eigenvalue weighted by atomic mass is 16.2. The fraction of sp³-hybridized carbons (Fsp3) is 0.917. The minimum atomic E-state index is -0.553. The highest BCUT2D eigenvalue weighted by Crippen LogP contribution is 2.27. The van der Waals surface area contributed by atoms with E-state index in [1.54, 1.807) is 0 Å². The molecule has 1 saturated heterocycles. The van der Waals surface area contributed by atoms with E-state index in [1.165, 1.54) is 6.42 Å². The molecule has 1 heterocycles. The largest absolute Gasteiger partial charge is 0.340 e. The Morgan fingerprint density at radius 1 is 1.06 bits per heavy atom. The summed E-state index contributed by atoms with van der Waals surface area (Å²) in [5.41, 5.74) is 5.72. The maximum absolute atomic E-state index is 12.4. The topological polar surface area (TPSA) is 58.4 Å². The van der Waals surface area contributed by atoms with Gasteiger partial charge >= 0.3 is 0 Å². The van der Waals surface area contributed by atoms with Crippen LogP contribution in [0.2, 0.25) is 0 Å². The van der Waals surface area contributed by atoms with Crippen molar-refractivity contribution in [1.29, 1.82) is 0 Å². The van der Waals surface area contributed by atoms with Gasteiger partial charge in [-0.1, -0.05) is 19.3 Å². The van der Waals surface area contributed by atoms with E-state index in [1.807, 2.05) is 4.90 Å². The minimum Gasteiger partial charge on any atom is -0.340 e. The molecule has 1 amide bonds. The van der Waals surface area contributed by atoms with Gasteiger partial charge in [0.1, 0.15) is 0 Å². The molecule has 1 aliphatic heterocycles. The molecule has 0 bridgehead atoms. The zero-order chi connectivity index (χ0) is 11.4. The van der Waals surface area contributed by atoms with Crippen LogP contribution in [0, 0.1) is 0 Å². The Morgan fingerprint density at radius 3 is 2.56 bits per heavy atom. The Bertz CT molecular complexity index is 241. The first kappa shape index (κ1) is 11.9. The highest BCUT2D eigenvalue weighted by molar-refractivity contribution is 5.86. The molecular weight excluding hydrogens is 202 g/mol. The van der Waals surface area contributed by atoms with Gasteiger partial charge in [-0.05, 0) is 25.8 Å². The van der Waals surface area contributed by atoms with Gasteiger partial charge in [-0.25, -0.2) is 0 Å². The first-order valence-electron chi connectivity index (χ1n) is 6.51. The molecule has 0 unspecified atom stereocenters. The zero-order valence-corrected chi connectivity index (χ0v) is 10.0. The van der Waals surface area contributed by atoms with Gasteiger partial charge in [-0.15, -0.1) is 0 Å². The average Bonchev–Trinajstić information content (AvgIpc) is 2.57. The minimum absolute atomic E-state index is 0.191. The lowest BCUT2D eigenvalue weighted by Gasteiger charge is -2.36. The van der Waals surface area contributed by atoms with Gasteiger partial charge in [0.2, 0.25) is 5.91 Å².